The van der Waals surface area contributed by atoms with Crippen LogP contribution in [-0.2, 0) is 14.2 Å². The second-order valence-corrected chi connectivity index (χ2v) is 9.35. The van der Waals surface area contributed by atoms with Crippen LogP contribution < -0.4 is 0 Å². The van der Waals surface area contributed by atoms with Crippen LogP contribution in [0.2, 0.25) is 0 Å². The van der Waals surface area contributed by atoms with Gasteiger partial charge in [0.25, 0.3) is 0 Å². The van der Waals surface area contributed by atoms with Gasteiger partial charge in [-0.3, -0.25) is 0 Å². The maximum atomic E-state index is 10.0. The van der Waals surface area contributed by atoms with Crippen LogP contribution in [0.25, 0.3) is 0 Å². The molecule has 0 aromatic heterocycles. The summed E-state index contributed by atoms with van der Waals surface area (Å²) in [5.74, 6) is 0. The average Bonchev–Trinajstić information content (AvgIpc) is 2.81. The molecule has 0 spiro atoms. The molecule has 1 fully saturated rings. The van der Waals surface area contributed by atoms with Gasteiger partial charge < -0.3 is 39.7 Å². The number of unbranched alkanes of at least 4 members (excludes halogenated alkanes) is 13. The topological polar surface area (TPSA) is 129 Å². The number of ether oxygens (including phenoxy) is 3. The summed E-state index contributed by atoms with van der Waals surface area (Å²) in [6.07, 6.45) is 10.7. The van der Waals surface area contributed by atoms with E-state index in [1.54, 1.807) is 0 Å². The van der Waals surface area contributed by atoms with E-state index in [0.717, 1.165) is 12.8 Å². The van der Waals surface area contributed by atoms with E-state index in [2.05, 4.69) is 6.92 Å². The monoisotopic (exact) mass is 478 g/mol. The molecule has 6 atom stereocenters. The lowest BCUT2D eigenvalue weighted by molar-refractivity contribution is -0.299. The van der Waals surface area contributed by atoms with Gasteiger partial charge in [-0.15, -0.1) is 0 Å². The molecule has 0 saturated carbocycles. The summed E-state index contributed by atoms with van der Waals surface area (Å²) in [6, 6.07) is 0. The summed E-state index contributed by atoms with van der Waals surface area (Å²) in [5, 5.41) is 48.7. The minimum Gasteiger partial charge on any atom is -0.394 e. The van der Waals surface area contributed by atoms with Gasteiger partial charge in [0.15, 0.2) is 6.29 Å². The van der Waals surface area contributed by atoms with Gasteiger partial charge in [-0.2, -0.15) is 0 Å². The summed E-state index contributed by atoms with van der Waals surface area (Å²) in [7, 11) is 0. The SMILES string of the molecule is CCCCCCCCCCCCCCCCOCC(O)CO[C@@H]1[C@@H](O)[C@@H](O)[C@@H](CO)O[C@H]1O. The molecule has 1 aliphatic rings. The second kappa shape index (κ2) is 19.9. The van der Waals surface area contributed by atoms with Gasteiger partial charge >= 0.3 is 0 Å². The average molecular weight is 479 g/mol. The Labute approximate surface area is 200 Å². The fourth-order valence-electron chi connectivity index (χ4n) is 4.14. The Morgan fingerprint density at radius 1 is 0.727 bits per heavy atom. The quantitative estimate of drug-likeness (QED) is 0.159. The largest absolute Gasteiger partial charge is 0.394 e. The van der Waals surface area contributed by atoms with Crippen LogP contribution >= 0.6 is 0 Å². The highest BCUT2D eigenvalue weighted by atomic mass is 16.7. The lowest BCUT2D eigenvalue weighted by atomic mass is 9.99. The van der Waals surface area contributed by atoms with Crippen molar-refractivity contribution in [1.82, 2.24) is 0 Å². The third kappa shape index (κ3) is 14.0. The van der Waals surface area contributed by atoms with Crippen molar-refractivity contribution in [3.63, 3.8) is 0 Å². The Bertz CT molecular complexity index is 439. The van der Waals surface area contributed by atoms with Crippen LogP contribution in [0.3, 0.4) is 0 Å². The predicted octanol–water partition coefficient (Wildman–Crippen LogP) is 2.66. The van der Waals surface area contributed by atoms with E-state index in [9.17, 15) is 20.4 Å². The molecule has 0 aliphatic carbocycles. The first-order valence-corrected chi connectivity index (χ1v) is 13.2. The molecular weight excluding hydrogens is 428 g/mol. The van der Waals surface area contributed by atoms with Crippen molar-refractivity contribution < 1.29 is 39.7 Å². The molecule has 1 heterocycles. The van der Waals surface area contributed by atoms with Crippen molar-refractivity contribution in [2.75, 3.05) is 26.4 Å². The molecule has 33 heavy (non-hydrogen) atoms. The zero-order chi connectivity index (χ0) is 24.3. The third-order valence-electron chi connectivity index (χ3n) is 6.28. The molecule has 0 radical (unpaired) electrons. The molecule has 0 aromatic carbocycles. The Kier molecular flexibility index (Phi) is 18.5. The molecule has 198 valence electrons. The van der Waals surface area contributed by atoms with Gasteiger partial charge in [0.05, 0.1) is 19.8 Å². The van der Waals surface area contributed by atoms with E-state index in [-0.39, 0.29) is 13.2 Å². The lowest BCUT2D eigenvalue weighted by Crippen LogP contribution is -2.59. The van der Waals surface area contributed by atoms with E-state index in [4.69, 9.17) is 19.3 Å². The van der Waals surface area contributed by atoms with Crippen LogP contribution in [0, 0.1) is 0 Å². The van der Waals surface area contributed by atoms with Crippen LogP contribution in [0.15, 0.2) is 0 Å². The minimum absolute atomic E-state index is 0.0973. The molecule has 8 heteroatoms. The van der Waals surface area contributed by atoms with Crippen LogP contribution in [0.5, 0.6) is 0 Å². The Morgan fingerprint density at radius 2 is 1.24 bits per heavy atom. The van der Waals surface area contributed by atoms with Crippen molar-refractivity contribution in [2.24, 2.45) is 0 Å². The molecule has 0 bridgehead atoms. The second-order valence-electron chi connectivity index (χ2n) is 9.35. The summed E-state index contributed by atoms with van der Waals surface area (Å²) >= 11 is 0. The van der Waals surface area contributed by atoms with E-state index in [1.165, 1.54) is 77.0 Å². The molecule has 1 rings (SSSR count). The van der Waals surface area contributed by atoms with Crippen LogP contribution in [-0.4, -0.2) is 88.8 Å². The third-order valence-corrected chi connectivity index (χ3v) is 6.28. The molecular formula is C25H50O8. The van der Waals surface area contributed by atoms with E-state index >= 15 is 0 Å². The van der Waals surface area contributed by atoms with E-state index < -0.39 is 43.4 Å². The van der Waals surface area contributed by atoms with Crippen molar-refractivity contribution in [3.8, 4) is 0 Å². The standard InChI is InChI=1S/C25H50O8/c1-2-3-4-5-6-7-8-9-10-11-12-13-14-15-16-31-18-20(27)19-32-24-23(29)22(28)21(17-26)33-25(24)30/h20-30H,2-19H2,1H3/t20?,21-,22+,23+,24-,25-/m1/s1. The Hall–Kier alpha value is -0.320. The van der Waals surface area contributed by atoms with Crippen molar-refractivity contribution in [1.29, 1.82) is 0 Å². The highest BCUT2D eigenvalue weighted by Gasteiger charge is 2.44. The number of hydrogen-bond donors (Lipinski definition) is 5. The molecule has 5 N–H and O–H groups in total. The summed E-state index contributed by atoms with van der Waals surface area (Å²) in [5.41, 5.74) is 0. The lowest BCUT2D eigenvalue weighted by Gasteiger charge is -2.40. The van der Waals surface area contributed by atoms with Gasteiger partial charge in [0.2, 0.25) is 0 Å². The maximum Gasteiger partial charge on any atom is 0.184 e. The number of rotatable bonds is 21. The van der Waals surface area contributed by atoms with Gasteiger partial charge in [0.1, 0.15) is 30.5 Å². The molecule has 0 aromatic rings. The zero-order valence-electron chi connectivity index (χ0n) is 20.7. The summed E-state index contributed by atoms with van der Waals surface area (Å²) in [4.78, 5) is 0. The smallest absolute Gasteiger partial charge is 0.184 e. The zero-order valence-corrected chi connectivity index (χ0v) is 20.7. The fraction of sp³-hybridized carbons (Fsp3) is 1.00. The number of aliphatic hydroxyl groups is 5. The van der Waals surface area contributed by atoms with E-state index in [1.807, 2.05) is 0 Å². The highest BCUT2D eigenvalue weighted by Crippen LogP contribution is 2.22. The molecule has 8 nitrogen and oxygen atoms in total. The number of hydrogen-bond acceptors (Lipinski definition) is 8. The fourth-order valence-corrected chi connectivity index (χ4v) is 4.14. The Morgan fingerprint density at radius 3 is 1.76 bits per heavy atom. The van der Waals surface area contributed by atoms with Gasteiger partial charge in [-0.1, -0.05) is 90.4 Å². The maximum absolute atomic E-state index is 10.0. The molecule has 1 unspecified atom stereocenters. The van der Waals surface area contributed by atoms with Crippen molar-refractivity contribution >= 4 is 0 Å². The Balaban J connectivity index is 1.90. The predicted molar refractivity (Wildman–Crippen MR) is 127 cm³/mol. The first-order chi connectivity index (χ1) is 16.0. The first kappa shape index (κ1) is 30.7. The summed E-state index contributed by atoms with van der Waals surface area (Å²) < 4.78 is 15.8. The molecule has 1 saturated heterocycles. The molecule has 1 aliphatic heterocycles. The highest BCUT2D eigenvalue weighted by molar-refractivity contribution is 4.89. The minimum atomic E-state index is -1.50. The van der Waals surface area contributed by atoms with Gasteiger partial charge in [0, 0.05) is 6.61 Å². The normalized spacial score (nSPS) is 26.5. The van der Waals surface area contributed by atoms with Gasteiger partial charge in [-0.25, -0.2) is 0 Å². The van der Waals surface area contributed by atoms with Crippen molar-refractivity contribution in [3.05, 3.63) is 0 Å². The van der Waals surface area contributed by atoms with Gasteiger partial charge in [-0.05, 0) is 6.42 Å². The first-order valence-electron chi connectivity index (χ1n) is 13.2. The van der Waals surface area contributed by atoms with Crippen LogP contribution in [0.4, 0.5) is 0 Å². The van der Waals surface area contributed by atoms with E-state index in [0.29, 0.717) is 6.61 Å². The summed E-state index contributed by atoms with van der Waals surface area (Å²) in [6.45, 7) is 2.23. The van der Waals surface area contributed by atoms with Crippen LogP contribution in [0.1, 0.15) is 96.8 Å². The van der Waals surface area contributed by atoms with Crippen molar-refractivity contribution in [2.45, 2.75) is 134 Å². The number of aliphatic hydroxyl groups excluding tert-OH is 5. The molecule has 0 amide bonds.